The van der Waals surface area contributed by atoms with Gasteiger partial charge in [-0.3, -0.25) is 4.90 Å². The predicted octanol–water partition coefficient (Wildman–Crippen LogP) is 2.52. The number of rotatable bonds is 6. The molecule has 134 valence electrons. The molecule has 0 amide bonds. The summed E-state index contributed by atoms with van der Waals surface area (Å²) in [6.07, 6.45) is -0.167. The van der Waals surface area contributed by atoms with Crippen LogP contribution in [0.3, 0.4) is 0 Å². The fourth-order valence-electron chi connectivity index (χ4n) is 2.79. The van der Waals surface area contributed by atoms with Crippen LogP contribution in [0.25, 0.3) is 0 Å². The molecule has 0 aliphatic carbocycles. The minimum atomic E-state index is -3.56. The van der Waals surface area contributed by atoms with Crippen LogP contribution in [0.2, 0.25) is 5.02 Å². The van der Waals surface area contributed by atoms with E-state index < -0.39 is 10.0 Å². The molecule has 2 aromatic carbocycles. The van der Waals surface area contributed by atoms with Crippen LogP contribution in [0, 0.1) is 0 Å². The van der Waals surface area contributed by atoms with Gasteiger partial charge in [0, 0.05) is 31.2 Å². The van der Waals surface area contributed by atoms with Crippen LogP contribution in [0.1, 0.15) is 5.56 Å². The van der Waals surface area contributed by atoms with E-state index in [9.17, 15) is 8.42 Å². The predicted molar refractivity (Wildman–Crippen MR) is 98.1 cm³/mol. The zero-order valence-electron chi connectivity index (χ0n) is 13.8. The van der Waals surface area contributed by atoms with Gasteiger partial charge in [0.05, 0.1) is 17.6 Å². The summed E-state index contributed by atoms with van der Waals surface area (Å²) >= 11 is 5.80. The number of hydrogen-bond donors (Lipinski definition) is 1. The number of nitrogens with zero attached hydrogens (tertiary/aromatic N) is 1. The maximum atomic E-state index is 12.3. The molecule has 0 spiro atoms. The Morgan fingerprint density at radius 1 is 1.12 bits per heavy atom. The smallest absolute Gasteiger partial charge is 0.240 e. The maximum Gasteiger partial charge on any atom is 0.240 e. The number of hydrogen-bond acceptors (Lipinski definition) is 4. The van der Waals surface area contributed by atoms with Crippen LogP contribution >= 0.6 is 11.6 Å². The third-order valence-electron chi connectivity index (χ3n) is 4.10. The number of halogens is 1. The number of morpholine rings is 1. The molecule has 0 bridgehead atoms. The lowest BCUT2D eigenvalue weighted by Gasteiger charge is -2.33. The molecule has 0 radical (unpaired) electrons. The van der Waals surface area contributed by atoms with Gasteiger partial charge in [0.2, 0.25) is 10.0 Å². The van der Waals surface area contributed by atoms with Crippen molar-refractivity contribution in [2.75, 3.05) is 26.2 Å². The van der Waals surface area contributed by atoms with Crippen molar-refractivity contribution in [3.8, 4) is 0 Å². The van der Waals surface area contributed by atoms with Crippen molar-refractivity contribution in [3.63, 3.8) is 0 Å². The van der Waals surface area contributed by atoms with E-state index >= 15 is 0 Å². The van der Waals surface area contributed by atoms with Crippen molar-refractivity contribution in [3.05, 3.63) is 65.2 Å². The molecule has 0 saturated carbocycles. The third-order valence-corrected chi connectivity index (χ3v) is 5.79. The molecule has 5 nitrogen and oxygen atoms in total. The number of sulfonamides is 1. The minimum Gasteiger partial charge on any atom is -0.374 e. The van der Waals surface area contributed by atoms with Crippen LogP contribution in [0.15, 0.2) is 59.5 Å². The molecule has 1 aliphatic rings. The standard InChI is InChI=1S/C18H21ClN2O3S/c19-16-6-8-18(9-7-16)25(22,23)20-12-17-14-21(10-11-24-17)13-15-4-2-1-3-5-15/h1-9,17,20H,10-14H2. The number of benzene rings is 2. The topological polar surface area (TPSA) is 58.6 Å². The Bertz CT molecular complexity index is 782. The third kappa shape index (κ3) is 5.26. The monoisotopic (exact) mass is 380 g/mol. The first-order valence-electron chi connectivity index (χ1n) is 8.16. The zero-order chi connectivity index (χ0) is 17.7. The lowest BCUT2D eigenvalue weighted by molar-refractivity contribution is -0.0276. The highest BCUT2D eigenvalue weighted by Gasteiger charge is 2.23. The van der Waals surface area contributed by atoms with E-state index in [1.807, 2.05) is 18.2 Å². The highest BCUT2D eigenvalue weighted by atomic mass is 35.5. The summed E-state index contributed by atoms with van der Waals surface area (Å²) in [5, 5.41) is 0.506. The lowest BCUT2D eigenvalue weighted by Crippen LogP contribution is -2.47. The Balaban J connectivity index is 1.55. The molecule has 1 atom stereocenters. The van der Waals surface area contributed by atoms with Crippen LogP contribution in [0.5, 0.6) is 0 Å². The summed E-state index contributed by atoms with van der Waals surface area (Å²) in [6.45, 7) is 3.22. The normalized spacial score (nSPS) is 19.0. The lowest BCUT2D eigenvalue weighted by atomic mass is 10.2. The second kappa shape index (κ2) is 8.29. The summed E-state index contributed by atoms with van der Waals surface area (Å²) in [6, 6.07) is 16.3. The van der Waals surface area contributed by atoms with E-state index in [0.717, 1.165) is 13.1 Å². The summed E-state index contributed by atoms with van der Waals surface area (Å²) in [4.78, 5) is 2.48. The van der Waals surface area contributed by atoms with E-state index in [2.05, 4.69) is 21.8 Å². The second-order valence-corrected chi connectivity index (χ2v) is 8.22. The Labute approximate surface area is 153 Å². The molecular weight excluding hydrogens is 360 g/mol. The van der Waals surface area contributed by atoms with Crippen LogP contribution < -0.4 is 4.72 Å². The van der Waals surface area contributed by atoms with Gasteiger partial charge < -0.3 is 4.74 Å². The molecule has 1 fully saturated rings. The highest BCUT2D eigenvalue weighted by Crippen LogP contribution is 2.15. The summed E-state index contributed by atoms with van der Waals surface area (Å²) in [5.74, 6) is 0. The molecule has 1 N–H and O–H groups in total. The van der Waals surface area contributed by atoms with E-state index in [4.69, 9.17) is 16.3 Å². The summed E-state index contributed by atoms with van der Waals surface area (Å²) in [7, 11) is -3.56. The summed E-state index contributed by atoms with van der Waals surface area (Å²) < 4.78 is 33.0. The Morgan fingerprint density at radius 3 is 2.56 bits per heavy atom. The molecule has 1 aliphatic heterocycles. The second-order valence-electron chi connectivity index (χ2n) is 6.02. The number of nitrogens with one attached hydrogen (secondary N) is 1. The quantitative estimate of drug-likeness (QED) is 0.836. The largest absolute Gasteiger partial charge is 0.374 e. The van der Waals surface area contributed by atoms with E-state index in [-0.39, 0.29) is 17.5 Å². The van der Waals surface area contributed by atoms with Crippen molar-refractivity contribution >= 4 is 21.6 Å². The van der Waals surface area contributed by atoms with Crippen molar-refractivity contribution in [2.24, 2.45) is 0 Å². The van der Waals surface area contributed by atoms with Gasteiger partial charge in [-0.2, -0.15) is 0 Å². The first-order valence-corrected chi connectivity index (χ1v) is 10.0. The van der Waals surface area contributed by atoms with Gasteiger partial charge >= 0.3 is 0 Å². The first-order chi connectivity index (χ1) is 12.0. The minimum absolute atomic E-state index is 0.167. The van der Waals surface area contributed by atoms with Crippen LogP contribution in [0.4, 0.5) is 0 Å². The van der Waals surface area contributed by atoms with Crippen LogP contribution in [-0.4, -0.2) is 45.7 Å². The van der Waals surface area contributed by atoms with Gasteiger partial charge in [-0.05, 0) is 29.8 Å². The molecule has 0 aromatic heterocycles. The van der Waals surface area contributed by atoms with Crippen molar-refractivity contribution in [2.45, 2.75) is 17.5 Å². The summed E-state index contributed by atoms with van der Waals surface area (Å²) in [5.41, 5.74) is 1.24. The zero-order valence-corrected chi connectivity index (χ0v) is 15.3. The van der Waals surface area contributed by atoms with Crippen LogP contribution in [-0.2, 0) is 21.3 Å². The molecule has 1 heterocycles. The van der Waals surface area contributed by atoms with Crippen molar-refractivity contribution < 1.29 is 13.2 Å². The van der Waals surface area contributed by atoms with Gasteiger partial charge in [-0.25, -0.2) is 13.1 Å². The first kappa shape index (κ1) is 18.4. The molecule has 7 heteroatoms. The van der Waals surface area contributed by atoms with Crippen molar-refractivity contribution in [1.82, 2.24) is 9.62 Å². The van der Waals surface area contributed by atoms with E-state index in [0.29, 0.717) is 18.2 Å². The van der Waals surface area contributed by atoms with Gasteiger partial charge in [0.1, 0.15) is 0 Å². The molecule has 1 unspecified atom stereocenters. The SMILES string of the molecule is O=S(=O)(NCC1CN(Cc2ccccc2)CCO1)c1ccc(Cl)cc1. The van der Waals surface area contributed by atoms with Gasteiger partial charge in [-0.1, -0.05) is 41.9 Å². The van der Waals surface area contributed by atoms with Gasteiger partial charge in [0.25, 0.3) is 0 Å². The average molecular weight is 381 g/mol. The Kier molecular flexibility index (Phi) is 6.09. The Hall–Kier alpha value is -1.44. The van der Waals surface area contributed by atoms with Crippen molar-refractivity contribution in [1.29, 1.82) is 0 Å². The Morgan fingerprint density at radius 2 is 1.84 bits per heavy atom. The van der Waals surface area contributed by atoms with Gasteiger partial charge in [0.15, 0.2) is 0 Å². The fourth-order valence-corrected chi connectivity index (χ4v) is 3.98. The molecule has 25 heavy (non-hydrogen) atoms. The van der Waals surface area contributed by atoms with E-state index in [1.165, 1.54) is 17.7 Å². The van der Waals surface area contributed by atoms with E-state index in [1.54, 1.807) is 12.1 Å². The molecule has 2 aromatic rings. The van der Waals surface area contributed by atoms with Gasteiger partial charge in [-0.15, -0.1) is 0 Å². The average Bonchev–Trinajstić information content (AvgIpc) is 2.62. The fraction of sp³-hybridized carbons (Fsp3) is 0.333. The molecule has 3 rings (SSSR count). The number of ether oxygens (including phenoxy) is 1. The highest BCUT2D eigenvalue weighted by molar-refractivity contribution is 7.89. The molecular formula is C18H21ClN2O3S. The molecule has 1 saturated heterocycles. The maximum absolute atomic E-state index is 12.3.